The van der Waals surface area contributed by atoms with Crippen LogP contribution in [0.5, 0.6) is 0 Å². The maximum atomic E-state index is 13.0. The summed E-state index contributed by atoms with van der Waals surface area (Å²) in [5, 5.41) is 0. The van der Waals surface area contributed by atoms with Gasteiger partial charge in [-0.15, -0.1) is 6.42 Å². The van der Waals surface area contributed by atoms with E-state index in [1.807, 2.05) is 6.92 Å². The summed E-state index contributed by atoms with van der Waals surface area (Å²) >= 11 is 0. The highest BCUT2D eigenvalue weighted by Crippen LogP contribution is 2.50. The Bertz CT molecular complexity index is 987. The third-order valence-electron chi connectivity index (χ3n) is 6.02. The van der Waals surface area contributed by atoms with Crippen molar-refractivity contribution in [2.45, 2.75) is 43.9 Å². The number of hydrogen-bond acceptors (Lipinski definition) is 5. The van der Waals surface area contributed by atoms with E-state index in [0.29, 0.717) is 18.5 Å². The number of allylic oxidation sites excluding steroid dienone is 2. The molecule has 3 aliphatic rings. The van der Waals surface area contributed by atoms with Crippen LogP contribution in [0.3, 0.4) is 0 Å². The maximum Gasteiger partial charge on any atom is 0.305 e. The van der Waals surface area contributed by atoms with Gasteiger partial charge in [-0.25, -0.2) is 8.42 Å². The van der Waals surface area contributed by atoms with Gasteiger partial charge in [-0.05, 0) is 44.2 Å². The summed E-state index contributed by atoms with van der Waals surface area (Å²) in [5.41, 5.74) is 0.215. The van der Waals surface area contributed by atoms with Crippen LogP contribution in [0.15, 0.2) is 40.9 Å². The third kappa shape index (κ3) is 4.08. The van der Waals surface area contributed by atoms with Crippen molar-refractivity contribution < 1.29 is 22.7 Å². The number of methoxy groups -OCH3 is 1. The molecule has 1 N–H and O–H groups in total. The van der Waals surface area contributed by atoms with Crippen molar-refractivity contribution in [3.8, 4) is 12.3 Å². The Morgan fingerprint density at radius 3 is 2.59 bits per heavy atom. The second-order valence-electron chi connectivity index (χ2n) is 7.74. The van der Waals surface area contributed by atoms with Gasteiger partial charge in [0, 0.05) is 24.5 Å². The van der Waals surface area contributed by atoms with Crippen LogP contribution in [0, 0.1) is 36.5 Å². The number of Topliss-reactive ketones (excluding diaryl/α,β-unsaturated/α-hetero) is 1. The minimum absolute atomic E-state index is 0.0413. The molecule has 0 heterocycles. The molecule has 7 heteroatoms. The summed E-state index contributed by atoms with van der Waals surface area (Å²) in [7, 11) is -2.60. The lowest BCUT2D eigenvalue weighted by atomic mass is 9.66. The zero-order valence-corrected chi connectivity index (χ0v) is 17.4. The molecular weight excluding hydrogens is 390 g/mol. The maximum absolute atomic E-state index is 13.0. The normalized spacial score (nSPS) is 26.2. The lowest BCUT2D eigenvalue weighted by molar-refractivity contribution is -0.141. The van der Waals surface area contributed by atoms with Gasteiger partial charge in [-0.3, -0.25) is 14.3 Å². The standard InChI is InChI=1S/C22H25NO5S/c1-4-22(12-11-21(25)28-3)17-8-7-16(19(24)14-17)13-20(22)23-29(26,27)18-9-5-15(2)6-10-18/h1,5-6,9-10,13,16-17,23H,7-8,11-12,14H2,2-3H3/t16-,17-,22+/m1/s1. The summed E-state index contributed by atoms with van der Waals surface area (Å²) < 4.78 is 33.5. The Morgan fingerprint density at radius 2 is 2.00 bits per heavy atom. The summed E-state index contributed by atoms with van der Waals surface area (Å²) in [6, 6.07) is 6.49. The molecule has 0 amide bonds. The SMILES string of the molecule is C#C[C@@]1(CCC(=O)OC)C(NS(=O)(=O)c2ccc(C)cc2)=C[C@H]2CC[C@@H]1CC2=O. The molecule has 0 aromatic heterocycles. The number of nitrogens with one attached hydrogen (secondary N) is 1. The van der Waals surface area contributed by atoms with E-state index >= 15 is 0 Å². The highest BCUT2D eigenvalue weighted by Gasteiger charge is 2.49. The van der Waals surface area contributed by atoms with E-state index < -0.39 is 21.4 Å². The van der Waals surface area contributed by atoms with Gasteiger partial charge >= 0.3 is 5.97 Å². The van der Waals surface area contributed by atoms with Crippen LogP contribution in [-0.2, 0) is 24.3 Å². The second kappa shape index (κ2) is 8.03. The lowest BCUT2D eigenvalue weighted by Gasteiger charge is -2.38. The van der Waals surface area contributed by atoms with Crippen LogP contribution in [0.2, 0.25) is 0 Å². The average molecular weight is 416 g/mol. The van der Waals surface area contributed by atoms with Gasteiger partial charge in [-0.1, -0.05) is 29.7 Å². The number of carbonyl (C=O) groups is 2. The Hall–Kier alpha value is -2.59. The molecule has 29 heavy (non-hydrogen) atoms. The first-order valence-electron chi connectivity index (χ1n) is 9.61. The highest BCUT2D eigenvalue weighted by molar-refractivity contribution is 7.89. The number of ether oxygens (including phenoxy) is 1. The Morgan fingerprint density at radius 1 is 1.31 bits per heavy atom. The highest BCUT2D eigenvalue weighted by atomic mass is 32.2. The number of aryl methyl sites for hydroxylation is 1. The molecule has 3 aliphatic carbocycles. The molecule has 1 aromatic rings. The average Bonchev–Trinajstić information content (AvgIpc) is 2.89. The molecule has 6 nitrogen and oxygen atoms in total. The van der Waals surface area contributed by atoms with Crippen molar-refractivity contribution in [1.29, 1.82) is 0 Å². The molecule has 2 bridgehead atoms. The molecule has 0 spiro atoms. The minimum Gasteiger partial charge on any atom is -0.469 e. The first-order valence-corrected chi connectivity index (χ1v) is 11.1. The molecule has 0 unspecified atom stereocenters. The van der Waals surface area contributed by atoms with E-state index in [4.69, 9.17) is 11.2 Å². The Labute approximate surface area is 171 Å². The van der Waals surface area contributed by atoms with E-state index in [0.717, 1.165) is 5.56 Å². The zero-order chi connectivity index (χ0) is 21.2. The smallest absolute Gasteiger partial charge is 0.305 e. The van der Waals surface area contributed by atoms with Crippen molar-refractivity contribution in [1.82, 2.24) is 4.72 Å². The number of ketones is 1. The fourth-order valence-electron chi connectivity index (χ4n) is 4.26. The number of sulfonamides is 1. The van der Waals surface area contributed by atoms with E-state index in [1.165, 1.54) is 19.2 Å². The monoisotopic (exact) mass is 415 g/mol. The zero-order valence-electron chi connectivity index (χ0n) is 16.6. The van der Waals surface area contributed by atoms with E-state index in [-0.39, 0.29) is 41.8 Å². The van der Waals surface area contributed by atoms with Gasteiger partial charge < -0.3 is 4.74 Å². The van der Waals surface area contributed by atoms with Crippen LogP contribution in [-0.4, -0.2) is 27.3 Å². The number of rotatable bonds is 6. The lowest BCUT2D eigenvalue weighted by Crippen LogP contribution is -2.40. The van der Waals surface area contributed by atoms with Gasteiger partial charge in [0.05, 0.1) is 17.4 Å². The van der Waals surface area contributed by atoms with Crippen molar-refractivity contribution in [2.75, 3.05) is 7.11 Å². The van der Waals surface area contributed by atoms with Crippen molar-refractivity contribution in [3.63, 3.8) is 0 Å². The Kier molecular flexibility index (Phi) is 5.85. The third-order valence-corrected chi connectivity index (χ3v) is 7.40. The van der Waals surface area contributed by atoms with Gasteiger partial charge in [-0.2, -0.15) is 0 Å². The number of fused-ring (bicyclic) bond motifs is 3. The van der Waals surface area contributed by atoms with Crippen LogP contribution < -0.4 is 4.72 Å². The predicted molar refractivity (Wildman–Crippen MR) is 108 cm³/mol. The number of benzene rings is 1. The molecule has 3 atom stereocenters. The van der Waals surface area contributed by atoms with Crippen LogP contribution in [0.1, 0.15) is 37.7 Å². The van der Waals surface area contributed by atoms with E-state index in [2.05, 4.69) is 10.6 Å². The van der Waals surface area contributed by atoms with Gasteiger partial charge in [0.25, 0.3) is 10.0 Å². The quantitative estimate of drug-likeness (QED) is 0.570. The molecule has 1 aromatic carbocycles. The molecule has 1 saturated carbocycles. The minimum atomic E-state index is -3.90. The molecular formula is C22H25NO5S. The summed E-state index contributed by atoms with van der Waals surface area (Å²) in [5.74, 6) is 1.80. The molecule has 1 fully saturated rings. The molecule has 0 saturated heterocycles. The van der Waals surface area contributed by atoms with Gasteiger partial charge in [0.1, 0.15) is 5.78 Å². The van der Waals surface area contributed by atoms with E-state index in [1.54, 1.807) is 18.2 Å². The molecule has 0 radical (unpaired) electrons. The topological polar surface area (TPSA) is 89.5 Å². The van der Waals surface area contributed by atoms with Crippen LogP contribution >= 0.6 is 0 Å². The van der Waals surface area contributed by atoms with Crippen molar-refractivity contribution in [2.24, 2.45) is 17.3 Å². The second-order valence-corrected chi connectivity index (χ2v) is 9.42. The number of hydrogen-bond donors (Lipinski definition) is 1. The molecule has 0 aliphatic heterocycles. The van der Waals surface area contributed by atoms with Crippen LogP contribution in [0.25, 0.3) is 0 Å². The number of esters is 1. The van der Waals surface area contributed by atoms with Crippen molar-refractivity contribution >= 4 is 21.8 Å². The van der Waals surface area contributed by atoms with Crippen LogP contribution in [0.4, 0.5) is 0 Å². The number of terminal acetylenes is 1. The van der Waals surface area contributed by atoms with E-state index in [9.17, 15) is 18.0 Å². The molecule has 154 valence electrons. The van der Waals surface area contributed by atoms with Crippen molar-refractivity contribution in [3.05, 3.63) is 41.6 Å². The first-order chi connectivity index (χ1) is 13.7. The summed E-state index contributed by atoms with van der Waals surface area (Å²) in [6.07, 6.45) is 9.47. The number of carbonyl (C=O) groups excluding carboxylic acids is 2. The molecule has 4 rings (SSSR count). The predicted octanol–water partition coefficient (Wildman–Crippen LogP) is 2.73. The van der Waals surface area contributed by atoms with Gasteiger partial charge in [0.2, 0.25) is 0 Å². The first kappa shape index (κ1) is 21.1. The fraction of sp³-hybridized carbons (Fsp3) is 0.455. The summed E-state index contributed by atoms with van der Waals surface area (Å²) in [6.45, 7) is 1.87. The Balaban J connectivity index is 2.03. The largest absolute Gasteiger partial charge is 0.469 e. The fourth-order valence-corrected chi connectivity index (χ4v) is 5.41. The van der Waals surface area contributed by atoms with Gasteiger partial charge in [0.15, 0.2) is 0 Å². The summed E-state index contributed by atoms with van der Waals surface area (Å²) in [4.78, 5) is 24.4.